The van der Waals surface area contributed by atoms with Gasteiger partial charge in [0, 0.05) is 12.2 Å². The van der Waals surface area contributed by atoms with E-state index in [1.54, 1.807) is 0 Å². The highest BCUT2D eigenvalue weighted by molar-refractivity contribution is 5.99. The van der Waals surface area contributed by atoms with E-state index in [0.29, 0.717) is 12.5 Å². The summed E-state index contributed by atoms with van der Waals surface area (Å²) in [6.07, 6.45) is 6.17. The van der Waals surface area contributed by atoms with E-state index in [2.05, 4.69) is 29.3 Å². The van der Waals surface area contributed by atoms with E-state index in [1.165, 1.54) is 16.2 Å². The molecular weight excluding hydrogens is 320 g/mol. The Kier molecular flexibility index (Phi) is 3.82. The van der Waals surface area contributed by atoms with Crippen LogP contribution in [0.25, 0.3) is 0 Å². The molecule has 6 heteroatoms. The van der Waals surface area contributed by atoms with Crippen molar-refractivity contribution in [2.45, 2.75) is 38.1 Å². The molecule has 0 radical (unpaired) electrons. The number of amidine groups is 1. The molecule has 2 heterocycles. The fourth-order valence-corrected chi connectivity index (χ4v) is 3.92. The Hall–Kier alpha value is -2.63. The molecule has 0 bridgehead atoms. The molecule has 1 aliphatic carbocycles. The first kappa shape index (κ1) is 15.9. The Morgan fingerprint density at radius 2 is 1.96 bits per heavy atom. The van der Waals surface area contributed by atoms with Crippen LogP contribution in [-0.4, -0.2) is 35.1 Å². The molecule has 0 saturated carbocycles. The zero-order chi connectivity index (χ0) is 17.4. The monoisotopic (exact) mass is 340 g/mol. The third kappa shape index (κ3) is 3.29. The number of rotatable bonds is 2. The number of fused-ring (bicyclic) bond motifs is 2. The number of benzene rings is 1. The van der Waals surface area contributed by atoms with Crippen molar-refractivity contribution in [2.24, 2.45) is 10.9 Å². The summed E-state index contributed by atoms with van der Waals surface area (Å²) in [5.41, 5.74) is 2.39. The maximum atomic E-state index is 11.6. The topological polar surface area (TPSA) is 68.2 Å². The van der Waals surface area contributed by atoms with Crippen LogP contribution in [0.15, 0.2) is 41.4 Å². The van der Waals surface area contributed by atoms with Gasteiger partial charge in [0.25, 0.3) is 0 Å². The molecule has 1 aromatic carbocycles. The van der Waals surface area contributed by atoms with Crippen LogP contribution in [-0.2, 0) is 32.0 Å². The summed E-state index contributed by atoms with van der Waals surface area (Å²) >= 11 is 0. The highest BCUT2D eigenvalue weighted by atomic mass is 16.7. The quantitative estimate of drug-likeness (QED) is 0.772. The van der Waals surface area contributed by atoms with Gasteiger partial charge in [-0.3, -0.25) is 0 Å². The van der Waals surface area contributed by atoms with Crippen LogP contribution in [0.2, 0.25) is 0 Å². The van der Waals surface area contributed by atoms with Gasteiger partial charge in [-0.25, -0.2) is 14.6 Å². The molecule has 4 rings (SSSR count). The summed E-state index contributed by atoms with van der Waals surface area (Å²) in [7, 11) is 0. The number of hydrogen-bond acceptors (Lipinski definition) is 6. The molecule has 6 nitrogen and oxygen atoms in total. The molecule has 25 heavy (non-hydrogen) atoms. The zero-order valence-electron chi connectivity index (χ0n) is 14.1. The Bertz CT molecular complexity index is 785. The van der Waals surface area contributed by atoms with E-state index in [-0.39, 0.29) is 6.02 Å². The molecule has 0 saturated heterocycles. The Morgan fingerprint density at radius 1 is 1.20 bits per heavy atom. The van der Waals surface area contributed by atoms with Gasteiger partial charge in [0.2, 0.25) is 0 Å². The van der Waals surface area contributed by atoms with Gasteiger partial charge < -0.3 is 9.57 Å². The molecule has 3 aliphatic rings. The van der Waals surface area contributed by atoms with Crippen molar-refractivity contribution < 1.29 is 19.2 Å². The molecular formula is C19H20N2O4. The van der Waals surface area contributed by atoms with Crippen molar-refractivity contribution in [3.8, 4) is 0 Å². The van der Waals surface area contributed by atoms with Crippen LogP contribution >= 0.6 is 0 Å². The first-order chi connectivity index (χ1) is 12.0. The van der Waals surface area contributed by atoms with E-state index in [1.807, 2.05) is 6.92 Å². The molecule has 0 aromatic heterocycles. The van der Waals surface area contributed by atoms with Crippen LogP contribution in [0.5, 0.6) is 0 Å². The van der Waals surface area contributed by atoms with Gasteiger partial charge in [0.15, 0.2) is 0 Å². The SMILES string of the molecule is CC1(CC2CCc3ccccc3C2)CN2OC(=O)/C=C/C(=O)OC2=N1. The third-order valence-corrected chi connectivity index (χ3v) is 4.99. The minimum absolute atomic E-state index is 0.0707. The van der Waals surface area contributed by atoms with Crippen molar-refractivity contribution in [3.05, 3.63) is 47.5 Å². The molecule has 2 aliphatic heterocycles. The van der Waals surface area contributed by atoms with Gasteiger partial charge in [-0.05, 0) is 49.7 Å². The lowest BCUT2D eigenvalue weighted by Crippen LogP contribution is -2.39. The predicted molar refractivity (Wildman–Crippen MR) is 90.4 cm³/mol. The minimum atomic E-state index is -0.615. The summed E-state index contributed by atoms with van der Waals surface area (Å²) in [4.78, 5) is 33.1. The van der Waals surface area contributed by atoms with Crippen LogP contribution in [0, 0.1) is 5.92 Å². The van der Waals surface area contributed by atoms with Gasteiger partial charge in [-0.2, -0.15) is 5.06 Å². The zero-order valence-corrected chi connectivity index (χ0v) is 14.1. The van der Waals surface area contributed by atoms with E-state index in [9.17, 15) is 9.59 Å². The fraction of sp³-hybridized carbons (Fsp3) is 0.421. The van der Waals surface area contributed by atoms with Gasteiger partial charge in [0.05, 0.1) is 12.1 Å². The number of aryl methyl sites for hydroxylation is 1. The Balaban J connectivity index is 1.49. The average molecular weight is 340 g/mol. The first-order valence-corrected chi connectivity index (χ1v) is 8.57. The maximum Gasteiger partial charge on any atom is 0.356 e. The van der Waals surface area contributed by atoms with E-state index in [0.717, 1.165) is 37.8 Å². The van der Waals surface area contributed by atoms with Crippen molar-refractivity contribution in [1.82, 2.24) is 5.06 Å². The smallest absolute Gasteiger partial charge is 0.356 e. The van der Waals surface area contributed by atoms with Gasteiger partial charge in [-0.1, -0.05) is 24.3 Å². The number of esters is 1. The second kappa shape index (κ2) is 6.02. The summed E-state index contributed by atoms with van der Waals surface area (Å²) in [5.74, 6) is -0.712. The standard InChI is InChI=1S/C19H20N2O4/c1-19(11-13-6-7-14-4-2-3-5-15(14)10-13)12-21-18(20-19)24-16(22)8-9-17(23)25-21/h2-5,8-9,13H,6-7,10-12H2,1H3/b9-8+. The molecule has 0 fully saturated rings. The lowest BCUT2D eigenvalue weighted by atomic mass is 9.78. The summed E-state index contributed by atoms with van der Waals surface area (Å²) in [5, 5.41) is 1.29. The number of carbonyl (C=O) groups excluding carboxylic acids is 2. The molecule has 0 N–H and O–H groups in total. The highest BCUT2D eigenvalue weighted by Crippen LogP contribution is 2.35. The maximum absolute atomic E-state index is 11.6. The normalized spacial score (nSPS) is 29.6. The molecule has 2 unspecified atom stereocenters. The number of ether oxygens (including phenoxy) is 1. The number of aliphatic imine (C=N–C) groups is 1. The van der Waals surface area contributed by atoms with Gasteiger partial charge in [0.1, 0.15) is 0 Å². The molecule has 2 atom stereocenters. The molecule has 1 aromatic rings. The lowest BCUT2D eigenvalue weighted by Gasteiger charge is -2.30. The second-order valence-corrected chi connectivity index (χ2v) is 7.17. The summed E-state index contributed by atoms with van der Waals surface area (Å²) in [6.45, 7) is 2.41. The number of carbonyl (C=O) groups is 2. The van der Waals surface area contributed by atoms with Crippen LogP contribution in [0.3, 0.4) is 0 Å². The van der Waals surface area contributed by atoms with Crippen molar-refractivity contribution in [1.29, 1.82) is 0 Å². The third-order valence-electron chi connectivity index (χ3n) is 4.99. The molecule has 0 spiro atoms. The Labute approximate surface area is 146 Å². The minimum Gasteiger partial charge on any atom is -0.387 e. The predicted octanol–water partition coefficient (Wildman–Crippen LogP) is 2.18. The van der Waals surface area contributed by atoms with Gasteiger partial charge in [-0.15, -0.1) is 0 Å². The average Bonchev–Trinajstić information content (AvgIpc) is 2.86. The van der Waals surface area contributed by atoms with Crippen LogP contribution in [0.4, 0.5) is 0 Å². The number of hydrogen-bond donors (Lipinski definition) is 0. The lowest BCUT2D eigenvalue weighted by molar-refractivity contribution is -0.172. The Morgan fingerprint density at radius 3 is 2.80 bits per heavy atom. The fourth-order valence-electron chi connectivity index (χ4n) is 3.92. The van der Waals surface area contributed by atoms with E-state index in [4.69, 9.17) is 9.57 Å². The summed E-state index contributed by atoms with van der Waals surface area (Å²) in [6, 6.07) is 8.63. The highest BCUT2D eigenvalue weighted by Gasteiger charge is 2.42. The van der Waals surface area contributed by atoms with E-state index < -0.39 is 17.5 Å². The van der Waals surface area contributed by atoms with E-state index >= 15 is 0 Å². The molecule has 130 valence electrons. The molecule has 0 amide bonds. The first-order valence-electron chi connectivity index (χ1n) is 8.57. The number of nitrogens with zero attached hydrogens (tertiary/aromatic N) is 2. The largest absolute Gasteiger partial charge is 0.387 e. The van der Waals surface area contributed by atoms with Crippen molar-refractivity contribution in [3.63, 3.8) is 0 Å². The van der Waals surface area contributed by atoms with Crippen molar-refractivity contribution in [2.75, 3.05) is 6.54 Å². The second-order valence-electron chi connectivity index (χ2n) is 7.17. The van der Waals surface area contributed by atoms with Gasteiger partial charge >= 0.3 is 18.0 Å². The van der Waals surface area contributed by atoms with Crippen LogP contribution < -0.4 is 0 Å². The van der Waals surface area contributed by atoms with Crippen LogP contribution in [0.1, 0.15) is 30.9 Å². The van der Waals surface area contributed by atoms with Crippen molar-refractivity contribution >= 4 is 18.0 Å². The number of hydroxylamine groups is 2. The summed E-state index contributed by atoms with van der Waals surface area (Å²) < 4.78 is 5.18.